The lowest BCUT2D eigenvalue weighted by Gasteiger charge is -2.09. The van der Waals surface area contributed by atoms with E-state index in [0.29, 0.717) is 18.3 Å². The van der Waals surface area contributed by atoms with Crippen LogP contribution in [0, 0.1) is 5.92 Å². The second-order valence-electron chi connectivity index (χ2n) is 5.66. The highest BCUT2D eigenvalue weighted by molar-refractivity contribution is 5.86. The van der Waals surface area contributed by atoms with Crippen LogP contribution in [-0.4, -0.2) is 32.9 Å². The molecule has 21 heavy (non-hydrogen) atoms. The number of nitrogens with zero attached hydrogens (tertiary/aromatic N) is 4. The number of fused-ring (bicyclic) bond motifs is 1. The van der Waals surface area contributed by atoms with Gasteiger partial charge in [0.15, 0.2) is 11.5 Å². The fourth-order valence-electron chi connectivity index (χ4n) is 1.99. The van der Waals surface area contributed by atoms with Crippen LogP contribution in [0.1, 0.15) is 39.4 Å². The molecule has 0 atom stereocenters. The van der Waals surface area contributed by atoms with Crippen molar-refractivity contribution < 1.29 is 4.74 Å². The van der Waals surface area contributed by atoms with Gasteiger partial charge in [0.2, 0.25) is 0 Å². The topological polar surface area (TPSA) is 64.9 Å². The minimum Gasteiger partial charge on any atom is -0.373 e. The molecule has 0 unspecified atom stereocenters. The van der Waals surface area contributed by atoms with Crippen molar-refractivity contribution in [1.82, 2.24) is 19.7 Å². The first-order valence-electron chi connectivity index (χ1n) is 7.62. The summed E-state index contributed by atoms with van der Waals surface area (Å²) in [5.74, 6) is 2.19. The first kappa shape index (κ1) is 15.7. The minimum absolute atomic E-state index is 0.439. The Kier molecular flexibility index (Phi) is 5.50. The van der Waals surface area contributed by atoms with Gasteiger partial charge in [-0.25, -0.2) is 9.97 Å². The Labute approximate surface area is 125 Å². The van der Waals surface area contributed by atoms with Crippen molar-refractivity contribution >= 4 is 16.9 Å². The van der Waals surface area contributed by atoms with Crippen LogP contribution in [0.5, 0.6) is 0 Å². The summed E-state index contributed by atoms with van der Waals surface area (Å²) in [5, 5.41) is 8.55. The van der Waals surface area contributed by atoms with Crippen molar-refractivity contribution in [2.75, 3.05) is 18.5 Å². The summed E-state index contributed by atoms with van der Waals surface area (Å²) in [5.41, 5.74) is 0.839. The van der Waals surface area contributed by atoms with E-state index in [0.717, 1.165) is 42.8 Å². The molecule has 1 N–H and O–H groups in total. The van der Waals surface area contributed by atoms with Crippen molar-refractivity contribution in [2.24, 2.45) is 13.0 Å². The van der Waals surface area contributed by atoms with E-state index in [-0.39, 0.29) is 0 Å². The Morgan fingerprint density at radius 1 is 1.33 bits per heavy atom. The molecule has 0 aliphatic carbocycles. The number of aryl methyl sites for hydroxylation is 1. The average molecular weight is 291 g/mol. The van der Waals surface area contributed by atoms with Gasteiger partial charge in [-0.2, -0.15) is 5.10 Å². The molecule has 0 spiro atoms. The number of hydrogen-bond acceptors (Lipinski definition) is 5. The number of hydrogen-bond donors (Lipinski definition) is 1. The molecule has 0 aliphatic rings. The molecular weight excluding hydrogens is 266 g/mol. The molecule has 0 aliphatic heterocycles. The number of anilines is 1. The van der Waals surface area contributed by atoms with E-state index in [4.69, 9.17) is 4.74 Å². The third kappa shape index (κ3) is 4.14. The van der Waals surface area contributed by atoms with Crippen LogP contribution in [-0.2, 0) is 18.4 Å². The summed E-state index contributed by atoms with van der Waals surface area (Å²) >= 11 is 0. The summed E-state index contributed by atoms with van der Waals surface area (Å²) in [6.07, 6.45) is 3.90. The zero-order valence-corrected chi connectivity index (χ0v) is 13.4. The zero-order valence-electron chi connectivity index (χ0n) is 13.4. The maximum atomic E-state index is 5.67. The van der Waals surface area contributed by atoms with Crippen molar-refractivity contribution in [3.05, 3.63) is 12.0 Å². The van der Waals surface area contributed by atoms with Gasteiger partial charge < -0.3 is 10.1 Å². The summed E-state index contributed by atoms with van der Waals surface area (Å²) in [6.45, 7) is 8.57. The molecular formula is C15H25N5O. The van der Waals surface area contributed by atoms with Crippen LogP contribution in [0.4, 0.5) is 5.82 Å². The number of aromatic nitrogens is 4. The molecule has 6 heteroatoms. The predicted molar refractivity (Wildman–Crippen MR) is 84.2 cm³/mol. The molecule has 6 nitrogen and oxygen atoms in total. The number of nitrogens with one attached hydrogen (secondary N) is 1. The van der Waals surface area contributed by atoms with E-state index in [1.807, 2.05) is 7.05 Å². The Balaban J connectivity index is 2.13. The lowest BCUT2D eigenvalue weighted by atomic mass is 10.1. The SMILES string of the molecule is CCCNc1nc(COCCC(C)C)nc2c1cnn2C. The van der Waals surface area contributed by atoms with Gasteiger partial charge in [0, 0.05) is 20.2 Å². The second-order valence-corrected chi connectivity index (χ2v) is 5.66. The Hall–Kier alpha value is -1.69. The predicted octanol–water partition coefficient (Wildman–Crippen LogP) is 2.75. The quantitative estimate of drug-likeness (QED) is 0.758. The maximum Gasteiger partial charge on any atom is 0.163 e. The molecule has 2 aromatic rings. The summed E-state index contributed by atoms with van der Waals surface area (Å²) < 4.78 is 7.44. The van der Waals surface area contributed by atoms with Gasteiger partial charge in [0.1, 0.15) is 12.4 Å². The second kappa shape index (κ2) is 7.36. The molecule has 2 aromatic heterocycles. The monoisotopic (exact) mass is 291 g/mol. The number of rotatable bonds is 8. The lowest BCUT2D eigenvalue weighted by Crippen LogP contribution is -2.08. The van der Waals surface area contributed by atoms with Crippen molar-refractivity contribution in [3.63, 3.8) is 0 Å². The van der Waals surface area contributed by atoms with Gasteiger partial charge >= 0.3 is 0 Å². The normalized spacial score (nSPS) is 11.5. The molecule has 0 amide bonds. The Morgan fingerprint density at radius 3 is 2.86 bits per heavy atom. The van der Waals surface area contributed by atoms with Gasteiger partial charge in [0.05, 0.1) is 11.6 Å². The first-order valence-corrected chi connectivity index (χ1v) is 7.62. The molecule has 0 fully saturated rings. The van der Waals surface area contributed by atoms with Gasteiger partial charge in [-0.05, 0) is 18.8 Å². The van der Waals surface area contributed by atoms with E-state index in [2.05, 4.69) is 41.2 Å². The summed E-state index contributed by atoms with van der Waals surface area (Å²) in [4.78, 5) is 9.11. The van der Waals surface area contributed by atoms with Crippen LogP contribution in [0.15, 0.2) is 6.20 Å². The molecule has 2 rings (SSSR count). The third-order valence-corrected chi connectivity index (χ3v) is 3.25. The van der Waals surface area contributed by atoms with Crippen molar-refractivity contribution in [3.8, 4) is 0 Å². The number of ether oxygens (including phenoxy) is 1. The van der Waals surface area contributed by atoms with Gasteiger partial charge in [-0.15, -0.1) is 0 Å². The molecule has 0 saturated heterocycles. The molecule has 116 valence electrons. The fraction of sp³-hybridized carbons (Fsp3) is 0.667. The van der Waals surface area contributed by atoms with Gasteiger partial charge in [0.25, 0.3) is 0 Å². The smallest absolute Gasteiger partial charge is 0.163 e. The van der Waals surface area contributed by atoms with E-state index in [1.54, 1.807) is 10.9 Å². The van der Waals surface area contributed by atoms with E-state index in [1.165, 1.54) is 0 Å². The molecule has 0 radical (unpaired) electrons. The summed E-state index contributed by atoms with van der Waals surface area (Å²) in [6, 6.07) is 0. The Bertz CT molecular complexity index is 579. The van der Waals surface area contributed by atoms with E-state index in [9.17, 15) is 0 Å². The minimum atomic E-state index is 0.439. The standard InChI is InChI=1S/C15H25N5O/c1-5-7-16-14-12-9-17-20(4)15(12)19-13(18-14)10-21-8-6-11(2)3/h9,11H,5-8,10H2,1-4H3,(H,16,18,19). The molecule has 2 heterocycles. The van der Waals surface area contributed by atoms with Crippen molar-refractivity contribution in [2.45, 2.75) is 40.2 Å². The molecule has 0 aromatic carbocycles. The van der Waals surface area contributed by atoms with Crippen LogP contribution in [0.25, 0.3) is 11.0 Å². The highest BCUT2D eigenvalue weighted by Gasteiger charge is 2.11. The zero-order chi connectivity index (χ0) is 15.2. The van der Waals surface area contributed by atoms with Crippen LogP contribution < -0.4 is 5.32 Å². The van der Waals surface area contributed by atoms with E-state index >= 15 is 0 Å². The van der Waals surface area contributed by atoms with Crippen molar-refractivity contribution in [1.29, 1.82) is 0 Å². The van der Waals surface area contributed by atoms with Crippen LogP contribution in [0.2, 0.25) is 0 Å². The summed E-state index contributed by atoms with van der Waals surface area (Å²) in [7, 11) is 1.89. The highest BCUT2D eigenvalue weighted by atomic mass is 16.5. The Morgan fingerprint density at radius 2 is 2.14 bits per heavy atom. The molecule has 0 bridgehead atoms. The van der Waals surface area contributed by atoms with E-state index < -0.39 is 0 Å². The lowest BCUT2D eigenvalue weighted by molar-refractivity contribution is 0.106. The van der Waals surface area contributed by atoms with Crippen LogP contribution >= 0.6 is 0 Å². The average Bonchev–Trinajstić information content (AvgIpc) is 2.83. The molecule has 0 saturated carbocycles. The van der Waals surface area contributed by atoms with Crippen LogP contribution in [0.3, 0.4) is 0 Å². The highest BCUT2D eigenvalue weighted by Crippen LogP contribution is 2.19. The fourth-order valence-corrected chi connectivity index (χ4v) is 1.99. The largest absolute Gasteiger partial charge is 0.373 e. The van der Waals surface area contributed by atoms with Gasteiger partial charge in [-0.3, -0.25) is 4.68 Å². The van der Waals surface area contributed by atoms with Gasteiger partial charge in [-0.1, -0.05) is 20.8 Å². The first-order chi connectivity index (χ1) is 10.1. The third-order valence-electron chi connectivity index (χ3n) is 3.25. The maximum absolute atomic E-state index is 5.67.